The summed E-state index contributed by atoms with van der Waals surface area (Å²) < 4.78 is 10.8. The van der Waals surface area contributed by atoms with Crippen molar-refractivity contribution in [1.29, 1.82) is 0 Å². The van der Waals surface area contributed by atoms with E-state index in [1.54, 1.807) is 0 Å². The average molecular weight is 345 g/mol. The number of hydrogen-bond acceptors (Lipinski definition) is 5. The van der Waals surface area contributed by atoms with Crippen molar-refractivity contribution in [3.8, 4) is 11.5 Å². The SMILES string of the molecule is O=C1NC2(CCCC2)C(=O)N1CCCNCc1cccc2c1OCO2. The summed E-state index contributed by atoms with van der Waals surface area (Å²) >= 11 is 0. The molecule has 3 aliphatic rings. The average Bonchev–Trinajstić information content (AvgIpc) is 3.31. The molecule has 0 radical (unpaired) electrons. The minimum Gasteiger partial charge on any atom is -0.454 e. The number of urea groups is 1. The number of para-hydroxylation sites is 1. The quantitative estimate of drug-likeness (QED) is 0.607. The molecule has 1 aromatic carbocycles. The molecule has 0 aromatic heterocycles. The number of carbonyl (C=O) groups is 2. The molecule has 2 N–H and O–H groups in total. The molecule has 1 aromatic rings. The summed E-state index contributed by atoms with van der Waals surface area (Å²) in [4.78, 5) is 26.0. The van der Waals surface area contributed by atoms with E-state index in [1.165, 1.54) is 4.90 Å². The molecule has 2 fully saturated rings. The van der Waals surface area contributed by atoms with E-state index in [0.29, 0.717) is 19.6 Å². The lowest BCUT2D eigenvalue weighted by Crippen LogP contribution is -2.44. The smallest absolute Gasteiger partial charge is 0.325 e. The Labute approximate surface area is 146 Å². The van der Waals surface area contributed by atoms with Gasteiger partial charge in [0, 0.05) is 18.7 Å². The van der Waals surface area contributed by atoms with Crippen molar-refractivity contribution in [2.45, 2.75) is 44.2 Å². The van der Waals surface area contributed by atoms with Crippen molar-refractivity contribution in [2.75, 3.05) is 19.9 Å². The zero-order chi connectivity index (χ0) is 17.3. The van der Waals surface area contributed by atoms with Crippen LogP contribution in [0, 0.1) is 0 Å². The standard InChI is InChI=1S/C18H23N3O4/c22-16-18(7-1-2-8-18)20-17(23)21(16)10-4-9-19-11-13-5-3-6-14-15(13)25-12-24-14/h3,5-6,19H,1-2,4,7-12H2,(H,20,23). The predicted octanol–water partition coefficient (Wildman–Crippen LogP) is 1.76. The fourth-order valence-corrected chi connectivity index (χ4v) is 3.91. The molecule has 25 heavy (non-hydrogen) atoms. The molecule has 0 unspecified atom stereocenters. The maximum atomic E-state index is 12.5. The number of amides is 3. The van der Waals surface area contributed by atoms with Crippen molar-refractivity contribution in [3.05, 3.63) is 23.8 Å². The van der Waals surface area contributed by atoms with Crippen molar-refractivity contribution >= 4 is 11.9 Å². The van der Waals surface area contributed by atoms with Gasteiger partial charge in [-0.3, -0.25) is 9.69 Å². The maximum absolute atomic E-state index is 12.5. The van der Waals surface area contributed by atoms with Crippen molar-refractivity contribution in [3.63, 3.8) is 0 Å². The van der Waals surface area contributed by atoms with Crippen LogP contribution in [0.1, 0.15) is 37.7 Å². The largest absolute Gasteiger partial charge is 0.454 e. The molecule has 2 heterocycles. The minimum atomic E-state index is -0.605. The highest BCUT2D eigenvalue weighted by Gasteiger charge is 2.51. The Morgan fingerprint density at radius 1 is 1.20 bits per heavy atom. The Hall–Kier alpha value is -2.28. The molecule has 0 atom stereocenters. The second kappa shape index (κ2) is 6.55. The fraction of sp³-hybridized carbons (Fsp3) is 0.556. The molecular formula is C18H23N3O4. The Balaban J connectivity index is 1.24. The Bertz CT molecular complexity index is 685. The third-order valence-electron chi connectivity index (χ3n) is 5.23. The third kappa shape index (κ3) is 2.93. The number of fused-ring (bicyclic) bond motifs is 1. The molecular weight excluding hydrogens is 322 g/mol. The van der Waals surface area contributed by atoms with Gasteiger partial charge in [0.2, 0.25) is 6.79 Å². The normalized spacial score (nSPS) is 20.6. The van der Waals surface area contributed by atoms with Gasteiger partial charge in [-0.15, -0.1) is 0 Å². The van der Waals surface area contributed by atoms with Crippen LogP contribution in [0.15, 0.2) is 18.2 Å². The number of nitrogens with one attached hydrogen (secondary N) is 2. The molecule has 7 nitrogen and oxygen atoms in total. The highest BCUT2D eigenvalue weighted by atomic mass is 16.7. The highest BCUT2D eigenvalue weighted by molar-refractivity contribution is 6.07. The van der Waals surface area contributed by atoms with Gasteiger partial charge < -0.3 is 20.1 Å². The summed E-state index contributed by atoms with van der Waals surface area (Å²) in [6, 6.07) is 5.60. The van der Waals surface area contributed by atoms with Crippen molar-refractivity contribution in [1.82, 2.24) is 15.5 Å². The van der Waals surface area contributed by atoms with E-state index in [-0.39, 0.29) is 18.7 Å². The molecule has 1 saturated carbocycles. The Kier molecular flexibility index (Phi) is 4.25. The summed E-state index contributed by atoms with van der Waals surface area (Å²) in [5.74, 6) is 1.54. The fourth-order valence-electron chi connectivity index (χ4n) is 3.91. The van der Waals surface area contributed by atoms with Gasteiger partial charge in [-0.05, 0) is 31.9 Å². The first kappa shape index (κ1) is 16.2. The zero-order valence-electron chi connectivity index (χ0n) is 14.2. The zero-order valence-corrected chi connectivity index (χ0v) is 14.2. The summed E-state index contributed by atoms with van der Waals surface area (Å²) in [5, 5.41) is 6.25. The number of hydrogen-bond donors (Lipinski definition) is 2. The molecule has 0 bridgehead atoms. The van der Waals surface area contributed by atoms with Gasteiger partial charge in [-0.1, -0.05) is 25.0 Å². The van der Waals surface area contributed by atoms with Crippen LogP contribution in [0.4, 0.5) is 4.79 Å². The molecule has 134 valence electrons. The molecule has 1 saturated heterocycles. The van der Waals surface area contributed by atoms with Crippen LogP contribution < -0.4 is 20.1 Å². The Morgan fingerprint density at radius 2 is 2.04 bits per heavy atom. The van der Waals surface area contributed by atoms with Crippen molar-refractivity contribution < 1.29 is 19.1 Å². The Morgan fingerprint density at radius 3 is 2.88 bits per heavy atom. The van der Waals surface area contributed by atoms with E-state index in [0.717, 1.165) is 49.2 Å². The van der Waals surface area contributed by atoms with E-state index >= 15 is 0 Å². The highest BCUT2D eigenvalue weighted by Crippen LogP contribution is 2.36. The lowest BCUT2D eigenvalue weighted by molar-refractivity contribution is -0.131. The number of carbonyl (C=O) groups excluding carboxylic acids is 2. The minimum absolute atomic E-state index is 0.0403. The van der Waals surface area contributed by atoms with Gasteiger partial charge in [0.1, 0.15) is 5.54 Å². The topological polar surface area (TPSA) is 79.9 Å². The lowest BCUT2D eigenvalue weighted by Gasteiger charge is -2.20. The van der Waals surface area contributed by atoms with E-state index in [9.17, 15) is 9.59 Å². The van der Waals surface area contributed by atoms with E-state index in [1.807, 2.05) is 18.2 Å². The number of ether oxygens (including phenoxy) is 2. The van der Waals surface area contributed by atoms with E-state index < -0.39 is 5.54 Å². The van der Waals surface area contributed by atoms with E-state index in [4.69, 9.17) is 9.47 Å². The second-order valence-corrected chi connectivity index (χ2v) is 6.86. The third-order valence-corrected chi connectivity index (χ3v) is 5.23. The number of imide groups is 1. The van der Waals surface area contributed by atoms with Gasteiger partial charge >= 0.3 is 6.03 Å². The molecule has 7 heteroatoms. The van der Waals surface area contributed by atoms with Crippen LogP contribution in [0.2, 0.25) is 0 Å². The van der Waals surface area contributed by atoms with Crippen molar-refractivity contribution in [2.24, 2.45) is 0 Å². The number of nitrogens with zero attached hydrogens (tertiary/aromatic N) is 1. The first-order valence-corrected chi connectivity index (χ1v) is 8.92. The summed E-state index contributed by atoms with van der Waals surface area (Å²) in [7, 11) is 0. The van der Waals surface area contributed by atoms with Crippen LogP contribution in [0.3, 0.4) is 0 Å². The van der Waals surface area contributed by atoms with Gasteiger partial charge in [0.25, 0.3) is 5.91 Å². The lowest BCUT2D eigenvalue weighted by atomic mass is 9.98. The molecule has 1 aliphatic carbocycles. The first-order chi connectivity index (χ1) is 12.2. The molecule has 3 amide bonds. The molecule has 1 spiro atoms. The molecule has 4 rings (SSSR count). The predicted molar refractivity (Wildman–Crippen MR) is 90.3 cm³/mol. The first-order valence-electron chi connectivity index (χ1n) is 8.92. The van der Waals surface area contributed by atoms with Crippen LogP contribution >= 0.6 is 0 Å². The van der Waals surface area contributed by atoms with Gasteiger partial charge in [-0.2, -0.15) is 0 Å². The van der Waals surface area contributed by atoms with Crippen LogP contribution in [0.25, 0.3) is 0 Å². The molecule has 2 aliphatic heterocycles. The van der Waals surface area contributed by atoms with Gasteiger partial charge in [0.15, 0.2) is 11.5 Å². The maximum Gasteiger partial charge on any atom is 0.325 e. The van der Waals surface area contributed by atoms with Crippen LogP contribution in [-0.2, 0) is 11.3 Å². The van der Waals surface area contributed by atoms with Gasteiger partial charge in [-0.25, -0.2) is 4.79 Å². The summed E-state index contributed by atoms with van der Waals surface area (Å²) in [6.07, 6.45) is 4.28. The van der Waals surface area contributed by atoms with Crippen LogP contribution in [0.5, 0.6) is 11.5 Å². The summed E-state index contributed by atoms with van der Waals surface area (Å²) in [5.41, 5.74) is 0.446. The monoisotopic (exact) mass is 345 g/mol. The second-order valence-electron chi connectivity index (χ2n) is 6.86. The van der Waals surface area contributed by atoms with Crippen LogP contribution in [-0.4, -0.2) is 42.3 Å². The number of rotatable bonds is 6. The summed E-state index contributed by atoms with van der Waals surface area (Å²) in [6.45, 7) is 2.09. The van der Waals surface area contributed by atoms with E-state index in [2.05, 4.69) is 10.6 Å². The number of benzene rings is 1. The van der Waals surface area contributed by atoms with Gasteiger partial charge in [0.05, 0.1) is 0 Å².